The highest BCUT2D eigenvalue weighted by Gasteiger charge is 2.31. The highest BCUT2D eigenvalue weighted by atomic mass is 16.4. The Hall–Kier alpha value is -2.57. The molecular weight excluding hydrogens is 346 g/mol. The first-order valence-corrected chi connectivity index (χ1v) is 9.57. The van der Waals surface area contributed by atoms with Crippen LogP contribution in [0.1, 0.15) is 41.6 Å². The maximum atomic E-state index is 12.7. The molecule has 27 heavy (non-hydrogen) atoms. The average molecular weight is 373 g/mol. The van der Waals surface area contributed by atoms with E-state index >= 15 is 0 Å². The lowest BCUT2D eigenvalue weighted by atomic mass is 9.95. The van der Waals surface area contributed by atoms with E-state index in [9.17, 15) is 14.4 Å². The molecule has 7 nitrogen and oxygen atoms in total. The predicted octanol–water partition coefficient (Wildman–Crippen LogP) is 2.27. The van der Waals surface area contributed by atoms with E-state index in [-0.39, 0.29) is 23.4 Å². The van der Waals surface area contributed by atoms with Gasteiger partial charge in [-0.1, -0.05) is 12.1 Å². The number of carbonyl (C=O) groups excluding carboxylic acids is 2. The summed E-state index contributed by atoms with van der Waals surface area (Å²) in [5, 5.41) is 8.95. The van der Waals surface area contributed by atoms with Crippen LogP contribution in [0.5, 0.6) is 0 Å². The van der Waals surface area contributed by atoms with E-state index in [1.54, 1.807) is 36.2 Å². The molecule has 2 heterocycles. The molecule has 3 rings (SSSR count). The Labute approximate surface area is 159 Å². The molecular formula is C20H27N3O4. The Bertz CT molecular complexity index is 690. The summed E-state index contributed by atoms with van der Waals surface area (Å²) in [4.78, 5) is 41.6. The monoisotopic (exact) mass is 373 g/mol. The molecule has 7 heteroatoms. The summed E-state index contributed by atoms with van der Waals surface area (Å²) in [5.41, 5.74) is 1.14. The van der Waals surface area contributed by atoms with Gasteiger partial charge in [0.15, 0.2) is 0 Å². The maximum Gasteiger partial charge on any atom is 0.335 e. The van der Waals surface area contributed by atoms with Gasteiger partial charge in [0.1, 0.15) is 0 Å². The molecule has 2 aliphatic heterocycles. The summed E-state index contributed by atoms with van der Waals surface area (Å²) in [6.07, 6.45) is 3.55. The number of nitrogens with zero attached hydrogens (tertiary/aromatic N) is 3. The molecule has 2 saturated heterocycles. The Morgan fingerprint density at radius 2 is 1.56 bits per heavy atom. The van der Waals surface area contributed by atoms with Crippen LogP contribution in [0.25, 0.3) is 0 Å². The zero-order valence-corrected chi connectivity index (χ0v) is 15.8. The fraction of sp³-hybridized carbons (Fsp3) is 0.550. The number of urea groups is 1. The second-order valence-electron chi connectivity index (χ2n) is 7.43. The quantitative estimate of drug-likeness (QED) is 0.878. The number of hydrogen-bond acceptors (Lipinski definition) is 3. The van der Waals surface area contributed by atoms with Crippen molar-refractivity contribution in [2.24, 2.45) is 5.92 Å². The van der Waals surface area contributed by atoms with Crippen LogP contribution in [0.3, 0.4) is 0 Å². The normalized spacial score (nSPS) is 17.8. The summed E-state index contributed by atoms with van der Waals surface area (Å²) < 4.78 is 0. The molecule has 0 bridgehead atoms. The smallest absolute Gasteiger partial charge is 0.335 e. The minimum absolute atomic E-state index is 0.0593. The van der Waals surface area contributed by atoms with Gasteiger partial charge in [0.25, 0.3) is 0 Å². The van der Waals surface area contributed by atoms with Crippen LogP contribution in [-0.2, 0) is 11.3 Å². The fourth-order valence-corrected chi connectivity index (χ4v) is 3.84. The third-order valence-electron chi connectivity index (χ3n) is 5.49. The van der Waals surface area contributed by atoms with Crippen molar-refractivity contribution in [1.82, 2.24) is 14.7 Å². The van der Waals surface area contributed by atoms with Crippen LogP contribution in [0, 0.1) is 5.92 Å². The molecule has 2 fully saturated rings. The van der Waals surface area contributed by atoms with Crippen molar-refractivity contribution in [2.75, 3.05) is 33.2 Å². The van der Waals surface area contributed by atoms with Gasteiger partial charge in [-0.2, -0.15) is 0 Å². The number of amides is 3. The van der Waals surface area contributed by atoms with Crippen molar-refractivity contribution in [2.45, 2.75) is 32.2 Å². The van der Waals surface area contributed by atoms with Gasteiger partial charge in [-0.25, -0.2) is 9.59 Å². The number of rotatable bonds is 4. The van der Waals surface area contributed by atoms with Crippen molar-refractivity contribution < 1.29 is 19.5 Å². The largest absolute Gasteiger partial charge is 0.478 e. The summed E-state index contributed by atoms with van der Waals surface area (Å²) >= 11 is 0. The summed E-state index contributed by atoms with van der Waals surface area (Å²) in [6, 6.07) is 6.71. The fourth-order valence-electron chi connectivity index (χ4n) is 3.84. The first kappa shape index (κ1) is 19.2. The second-order valence-corrected chi connectivity index (χ2v) is 7.43. The summed E-state index contributed by atoms with van der Waals surface area (Å²) in [6.45, 7) is 3.41. The Kier molecular flexibility index (Phi) is 5.98. The molecule has 0 saturated carbocycles. The Morgan fingerprint density at radius 1 is 1.00 bits per heavy atom. The highest BCUT2D eigenvalue weighted by molar-refractivity contribution is 5.87. The minimum atomic E-state index is -0.957. The molecule has 2 aliphatic rings. The highest BCUT2D eigenvalue weighted by Crippen LogP contribution is 2.22. The number of hydrogen-bond donors (Lipinski definition) is 1. The summed E-state index contributed by atoms with van der Waals surface area (Å²) in [5.74, 6) is -0.928. The van der Waals surface area contributed by atoms with Gasteiger partial charge in [-0.3, -0.25) is 4.79 Å². The number of benzene rings is 1. The van der Waals surface area contributed by atoms with Gasteiger partial charge in [-0.05, 0) is 43.4 Å². The van der Waals surface area contributed by atoms with E-state index < -0.39 is 5.97 Å². The van der Waals surface area contributed by atoms with Crippen LogP contribution in [0.4, 0.5) is 4.79 Å². The minimum Gasteiger partial charge on any atom is -0.478 e. The number of piperidine rings is 1. The van der Waals surface area contributed by atoms with Crippen molar-refractivity contribution >= 4 is 17.9 Å². The van der Waals surface area contributed by atoms with Crippen molar-refractivity contribution in [3.63, 3.8) is 0 Å². The predicted molar refractivity (Wildman–Crippen MR) is 100 cm³/mol. The van der Waals surface area contributed by atoms with E-state index in [1.165, 1.54) is 0 Å². The first-order chi connectivity index (χ1) is 13.0. The van der Waals surface area contributed by atoms with E-state index in [0.717, 1.165) is 31.5 Å². The number of carbonyl (C=O) groups is 3. The Morgan fingerprint density at radius 3 is 2.11 bits per heavy atom. The molecule has 0 aliphatic carbocycles. The van der Waals surface area contributed by atoms with E-state index in [1.807, 2.05) is 9.80 Å². The molecule has 1 aromatic rings. The SMILES string of the molecule is CN(Cc1ccc(C(=O)O)cc1)C(=O)C1CCN(C(=O)N2CCCC2)CC1. The number of likely N-dealkylation sites (tertiary alicyclic amines) is 2. The van der Waals surface area contributed by atoms with Crippen LogP contribution in [0.2, 0.25) is 0 Å². The maximum absolute atomic E-state index is 12.7. The van der Waals surface area contributed by atoms with Crippen molar-refractivity contribution in [1.29, 1.82) is 0 Å². The molecule has 0 atom stereocenters. The van der Waals surface area contributed by atoms with E-state index in [4.69, 9.17) is 5.11 Å². The van der Waals surface area contributed by atoms with E-state index in [2.05, 4.69) is 0 Å². The standard InChI is InChI=1S/C20H27N3O4/c1-21(14-15-4-6-17(7-5-15)19(25)26)18(24)16-8-12-23(13-9-16)20(27)22-10-2-3-11-22/h4-7,16H,2-3,8-14H2,1H3,(H,25,26). The Balaban J connectivity index is 1.49. The lowest BCUT2D eigenvalue weighted by Gasteiger charge is -2.35. The molecule has 0 radical (unpaired) electrons. The molecule has 1 aromatic carbocycles. The van der Waals surface area contributed by atoms with Crippen LogP contribution in [0.15, 0.2) is 24.3 Å². The number of carboxylic acid groups (broad SMARTS) is 1. The van der Waals surface area contributed by atoms with Gasteiger partial charge in [0.2, 0.25) is 5.91 Å². The summed E-state index contributed by atoms with van der Waals surface area (Å²) in [7, 11) is 1.77. The van der Waals surface area contributed by atoms with Crippen LogP contribution >= 0.6 is 0 Å². The van der Waals surface area contributed by atoms with Gasteiger partial charge < -0.3 is 19.8 Å². The molecule has 3 amide bonds. The molecule has 146 valence electrons. The van der Waals surface area contributed by atoms with Crippen molar-refractivity contribution in [3.05, 3.63) is 35.4 Å². The third-order valence-corrected chi connectivity index (χ3v) is 5.49. The lowest BCUT2D eigenvalue weighted by molar-refractivity contribution is -0.136. The molecule has 0 spiro atoms. The number of aromatic carboxylic acids is 1. The van der Waals surface area contributed by atoms with Gasteiger partial charge in [0.05, 0.1) is 5.56 Å². The number of carboxylic acids is 1. The van der Waals surface area contributed by atoms with Crippen LogP contribution < -0.4 is 0 Å². The van der Waals surface area contributed by atoms with Crippen molar-refractivity contribution in [3.8, 4) is 0 Å². The molecule has 0 aromatic heterocycles. The molecule has 1 N–H and O–H groups in total. The second kappa shape index (κ2) is 8.41. The topological polar surface area (TPSA) is 81.2 Å². The zero-order valence-electron chi connectivity index (χ0n) is 15.8. The van der Waals surface area contributed by atoms with Gasteiger partial charge >= 0.3 is 12.0 Å². The first-order valence-electron chi connectivity index (χ1n) is 9.57. The van der Waals surface area contributed by atoms with Gasteiger partial charge in [-0.15, -0.1) is 0 Å². The van der Waals surface area contributed by atoms with E-state index in [0.29, 0.717) is 32.5 Å². The van der Waals surface area contributed by atoms with Gasteiger partial charge in [0, 0.05) is 45.7 Å². The average Bonchev–Trinajstić information content (AvgIpc) is 3.22. The molecule has 0 unspecified atom stereocenters. The van der Waals surface area contributed by atoms with Crippen LogP contribution in [-0.4, -0.2) is 70.9 Å². The lowest BCUT2D eigenvalue weighted by Crippen LogP contribution is -2.47. The third kappa shape index (κ3) is 4.59. The zero-order chi connectivity index (χ0) is 19.4.